The van der Waals surface area contributed by atoms with E-state index < -0.39 is 17.4 Å². The van der Waals surface area contributed by atoms with E-state index in [9.17, 15) is 14.4 Å². The molecule has 2 aliphatic carbocycles. The SMILES string of the molecule is CCOC(=O)C1(C(=O)OCC)C[C@H]2CC(=O)C(C)=C[C@H]2C1. The number of hydrogen-bond acceptors (Lipinski definition) is 5. The lowest BCUT2D eigenvalue weighted by Gasteiger charge is -2.24. The molecule has 0 aliphatic heterocycles. The van der Waals surface area contributed by atoms with E-state index >= 15 is 0 Å². The molecular weight excluding hydrogens is 272 g/mol. The molecular formula is C16H22O5. The lowest BCUT2D eigenvalue weighted by Crippen LogP contribution is -2.40. The lowest BCUT2D eigenvalue weighted by molar-refractivity contribution is -0.172. The third-order valence-corrected chi connectivity index (χ3v) is 4.48. The number of fused-ring (bicyclic) bond motifs is 1. The molecule has 5 nitrogen and oxygen atoms in total. The van der Waals surface area contributed by atoms with Crippen LogP contribution in [0, 0.1) is 17.3 Å². The molecule has 0 heterocycles. The van der Waals surface area contributed by atoms with Crippen molar-refractivity contribution in [2.45, 2.75) is 40.0 Å². The van der Waals surface area contributed by atoms with E-state index in [2.05, 4.69) is 0 Å². The summed E-state index contributed by atoms with van der Waals surface area (Å²) in [5.41, 5.74) is -0.525. The van der Waals surface area contributed by atoms with Crippen LogP contribution in [0.15, 0.2) is 11.6 Å². The first-order chi connectivity index (χ1) is 9.94. The van der Waals surface area contributed by atoms with Crippen LogP contribution in [0.25, 0.3) is 0 Å². The summed E-state index contributed by atoms with van der Waals surface area (Å²) in [6.45, 7) is 5.66. The molecule has 2 rings (SSSR count). The van der Waals surface area contributed by atoms with Gasteiger partial charge in [-0.3, -0.25) is 14.4 Å². The number of ether oxygens (including phenoxy) is 2. The molecule has 21 heavy (non-hydrogen) atoms. The van der Waals surface area contributed by atoms with E-state index in [0.717, 1.165) is 5.57 Å². The molecule has 0 aromatic rings. The van der Waals surface area contributed by atoms with Gasteiger partial charge in [0.25, 0.3) is 0 Å². The highest BCUT2D eigenvalue weighted by Crippen LogP contribution is 2.51. The maximum Gasteiger partial charge on any atom is 0.323 e. The first kappa shape index (κ1) is 15.7. The van der Waals surface area contributed by atoms with Gasteiger partial charge in [-0.1, -0.05) is 6.08 Å². The molecule has 0 saturated heterocycles. The van der Waals surface area contributed by atoms with Crippen LogP contribution in [0.5, 0.6) is 0 Å². The van der Waals surface area contributed by atoms with Gasteiger partial charge in [0.05, 0.1) is 13.2 Å². The van der Waals surface area contributed by atoms with Crippen LogP contribution >= 0.6 is 0 Å². The summed E-state index contributed by atoms with van der Waals surface area (Å²) in [4.78, 5) is 36.6. The lowest BCUT2D eigenvalue weighted by atomic mass is 9.83. The number of carbonyl (C=O) groups excluding carboxylic acids is 3. The van der Waals surface area contributed by atoms with Gasteiger partial charge in [-0.25, -0.2) is 0 Å². The smallest absolute Gasteiger partial charge is 0.323 e. The molecule has 116 valence electrons. The van der Waals surface area contributed by atoms with Crippen LogP contribution < -0.4 is 0 Å². The van der Waals surface area contributed by atoms with Gasteiger partial charge >= 0.3 is 11.9 Å². The van der Waals surface area contributed by atoms with Crippen molar-refractivity contribution in [2.24, 2.45) is 17.3 Å². The molecule has 0 radical (unpaired) electrons. The summed E-state index contributed by atoms with van der Waals surface area (Å²) in [5, 5.41) is 0. The van der Waals surface area contributed by atoms with Crippen molar-refractivity contribution in [1.29, 1.82) is 0 Å². The molecule has 1 saturated carbocycles. The number of ketones is 1. The maximum atomic E-state index is 12.4. The Hall–Kier alpha value is -1.65. The van der Waals surface area contributed by atoms with E-state index in [4.69, 9.17) is 9.47 Å². The summed E-state index contributed by atoms with van der Waals surface area (Å²) in [6, 6.07) is 0. The number of rotatable bonds is 4. The fourth-order valence-corrected chi connectivity index (χ4v) is 3.44. The third-order valence-electron chi connectivity index (χ3n) is 4.48. The van der Waals surface area contributed by atoms with Crippen LogP contribution in [0.3, 0.4) is 0 Å². The second kappa shape index (κ2) is 6.00. The predicted octanol–water partition coefficient (Wildman–Crippen LogP) is 2.04. The first-order valence-electron chi connectivity index (χ1n) is 7.50. The number of Topliss-reactive ketones (excluding diaryl/α,β-unsaturated/α-hetero) is 1. The Balaban J connectivity index is 2.30. The minimum atomic E-state index is -1.25. The molecule has 0 bridgehead atoms. The highest BCUT2D eigenvalue weighted by atomic mass is 16.6. The predicted molar refractivity (Wildman–Crippen MR) is 75.3 cm³/mol. The van der Waals surface area contributed by atoms with Crippen molar-refractivity contribution in [3.8, 4) is 0 Å². The average molecular weight is 294 g/mol. The van der Waals surface area contributed by atoms with Gasteiger partial charge in [0.2, 0.25) is 0 Å². The molecule has 2 aliphatic rings. The summed E-state index contributed by atoms with van der Waals surface area (Å²) in [5.74, 6) is -0.848. The molecule has 0 unspecified atom stereocenters. The minimum absolute atomic E-state index is 0.0232. The highest BCUT2D eigenvalue weighted by Gasteiger charge is 2.57. The Morgan fingerprint density at radius 3 is 2.29 bits per heavy atom. The third kappa shape index (κ3) is 2.74. The Bertz CT molecular complexity index is 473. The Morgan fingerprint density at radius 1 is 1.19 bits per heavy atom. The van der Waals surface area contributed by atoms with Gasteiger partial charge in [0, 0.05) is 6.42 Å². The Morgan fingerprint density at radius 2 is 1.76 bits per heavy atom. The molecule has 2 atom stereocenters. The van der Waals surface area contributed by atoms with Crippen LogP contribution in [0.4, 0.5) is 0 Å². The summed E-state index contributed by atoms with van der Waals surface area (Å²) < 4.78 is 10.2. The molecule has 0 N–H and O–H groups in total. The number of carbonyl (C=O) groups is 3. The maximum absolute atomic E-state index is 12.4. The molecule has 0 aromatic heterocycles. The zero-order valence-corrected chi connectivity index (χ0v) is 12.8. The molecule has 0 amide bonds. The molecule has 5 heteroatoms. The van der Waals surface area contributed by atoms with E-state index in [-0.39, 0.29) is 30.8 Å². The quantitative estimate of drug-likeness (QED) is 0.586. The van der Waals surface area contributed by atoms with E-state index in [1.54, 1.807) is 20.8 Å². The molecule has 1 fully saturated rings. The number of allylic oxidation sites excluding steroid dienone is 2. The van der Waals surface area contributed by atoms with Gasteiger partial charge in [-0.2, -0.15) is 0 Å². The van der Waals surface area contributed by atoms with Crippen LogP contribution in [0.1, 0.15) is 40.0 Å². The van der Waals surface area contributed by atoms with Gasteiger partial charge in [-0.05, 0) is 51.0 Å². The van der Waals surface area contributed by atoms with Crippen molar-refractivity contribution in [3.63, 3.8) is 0 Å². The van der Waals surface area contributed by atoms with Crippen molar-refractivity contribution < 1.29 is 23.9 Å². The van der Waals surface area contributed by atoms with Crippen LogP contribution in [-0.4, -0.2) is 30.9 Å². The molecule has 0 spiro atoms. The van der Waals surface area contributed by atoms with Gasteiger partial charge in [-0.15, -0.1) is 0 Å². The summed E-state index contributed by atoms with van der Waals surface area (Å²) in [6.07, 6.45) is 3.01. The van der Waals surface area contributed by atoms with Crippen molar-refractivity contribution in [2.75, 3.05) is 13.2 Å². The average Bonchev–Trinajstić information content (AvgIpc) is 2.80. The number of hydrogen-bond donors (Lipinski definition) is 0. The zero-order chi connectivity index (χ0) is 15.6. The fraction of sp³-hybridized carbons (Fsp3) is 0.688. The fourth-order valence-electron chi connectivity index (χ4n) is 3.44. The van der Waals surface area contributed by atoms with Crippen LogP contribution in [-0.2, 0) is 23.9 Å². The normalized spacial score (nSPS) is 26.8. The standard InChI is InChI=1S/C16H22O5/c1-4-20-14(18)16(15(19)21-5-2)8-11-6-10(3)13(17)7-12(11)9-16/h6,11-12H,4-5,7-9H2,1-3H3/t11-,12+/m0/s1. The van der Waals surface area contributed by atoms with E-state index in [0.29, 0.717) is 19.3 Å². The van der Waals surface area contributed by atoms with Crippen molar-refractivity contribution >= 4 is 17.7 Å². The Labute approximate surface area is 124 Å². The zero-order valence-electron chi connectivity index (χ0n) is 12.8. The Kier molecular flexibility index (Phi) is 4.49. The number of esters is 2. The van der Waals surface area contributed by atoms with E-state index in [1.807, 2.05) is 6.08 Å². The molecule has 0 aromatic carbocycles. The minimum Gasteiger partial charge on any atom is -0.465 e. The second-order valence-electron chi connectivity index (χ2n) is 5.83. The second-order valence-corrected chi connectivity index (χ2v) is 5.83. The largest absolute Gasteiger partial charge is 0.465 e. The van der Waals surface area contributed by atoms with Crippen molar-refractivity contribution in [3.05, 3.63) is 11.6 Å². The first-order valence-corrected chi connectivity index (χ1v) is 7.50. The monoisotopic (exact) mass is 294 g/mol. The van der Waals surface area contributed by atoms with Gasteiger partial charge in [0.1, 0.15) is 0 Å². The summed E-state index contributed by atoms with van der Waals surface area (Å²) >= 11 is 0. The van der Waals surface area contributed by atoms with Crippen molar-refractivity contribution in [1.82, 2.24) is 0 Å². The highest BCUT2D eigenvalue weighted by molar-refractivity contribution is 6.01. The van der Waals surface area contributed by atoms with Gasteiger partial charge < -0.3 is 9.47 Å². The van der Waals surface area contributed by atoms with Gasteiger partial charge in [0.15, 0.2) is 11.2 Å². The van der Waals surface area contributed by atoms with E-state index in [1.165, 1.54) is 0 Å². The summed E-state index contributed by atoms with van der Waals surface area (Å²) in [7, 11) is 0. The van der Waals surface area contributed by atoms with Crippen LogP contribution in [0.2, 0.25) is 0 Å². The topological polar surface area (TPSA) is 69.7 Å².